The van der Waals surface area contributed by atoms with Crippen molar-refractivity contribution < 1.29 is 39.2 Å². The molecule has 2 spiro atoms. The number of unbranched alkanes of at least 4 members (excludes halogenated alkanes) is 1. The highest BCUT2D eigenvalue weighted by Gasteiger charge is 2.92. The number of ketones is 1. The van der Waals surface area contributed by atoms with Crippen LogP contribution < -0.4 is 0 Å². The van der Waals surface area contributed by atoms with Gasteiger partial charge in [-0.15, -0.1) is 0 Å². The second-order valence-electron chi connectivity index (χ2n) is 17.2. The highest BCUT2D eigenvalue weighted by Crippen LogP contribution is 2.94. The van der Waals surface area contributed by atoms with Crippen molar-refractivity contribution in [1.82, 2.24) is 0 Å². The van der Waals surface area contributed by atoms with E-state index in [9.17, 15) is 29.7 Å². The third-order valence-corrected chi connectivity index (χ3v) is 14.8. The zero-order valence-corrected chi connectivity index (χ0v) is 30.7. The number of aliphatic hydroxyl groups excluding tert-OH is 1. The van der Waals surface area contributed by atoms with Crippen molar-refractivity contribution >= 4 is 17.7 Å². The largest absolute Gasteiger partial charge is 0.465 e. The standard InChI is InChI=1S/C44H52O8/c1-6-8-10-11-12-13-17-30-36-34-28(15-9-7-2)29-16-14-18-33(46)52-42-21-26(4)44(50)31(20-27(23-45)22-41(49)32(44)19-25(3)38(41)47)37(42)40(42,5)24-51-39(48)35(29)43(30,34)36/h7,9-17,19-20,26,28-29,31-32,34-37,45,49-50H,2,6,8,18,21-24H2,1,3-5H3/b11-10+,13-12+,15-9-,16-14+,30-17+. The van der Waals surface area contributed by atoms with Crippen LogP contribution in [0.4, 0.5) is 0 Å². The van der Waals surface area contributed by atoms with E-state index in [2.05, 4.69) is 43.9 Å². The summed E-state index contributed by atoms with van der Waals surface area (Å²) in [7, 11) is 0. The van der Waals surface area contributed by atoms with Crippen LogP contribution in [-0.2, 0) is 23.9 Å². The Morgan fingerprint density at radius 2 is 1.87 bits per heavy atom. The number of esters is 2. The summed E-state index contributed by atoms with van der Waals surface area (Å²) in [6, 6.07) is 0. The fourth-order valence-electron chi connectivity index (χ4n) is 12.4. The molecule has 0 saturated heterocycles. The minimum absolute atomic E-state index is 0.0131. The molecule has 8 nitrogen and oxygen atoms in total. The average molecular weight is 709 g/mol. The second kappa shape index (κ2) is 12.0. The molecule has 1 heterocycles. The molecule has 1 aliphatic heterocycles. The topological polar surface area (TPSA) is 130 Å². The van der Waals surface area contributed by atoms with E-state index >= 15 is 0 Å². The molecule has 7 aliphatic carbocycles. The van der Waals surface area contributed by atoms with Crippen LogP contribution in [0.3, 0.4) is 0 Å². The molecule has 8 rings (SSSR count). The van der Waals surface area contributed by atoms with Gasteiger partial charge in [0.2, 0.25) is 0 Å². The number of carbonyl (C=O) groups is 3. The fourth-order valence-corrected chi connectivity index (χ4v) is 12.4. The first-order valence-electron chi connectivity index (χ1n) is 19.2. The molecule has 3 N–H and O–H groups in total. The third-order valence-electron chi connectivity index (χ3n) is 14.8. The molecular weight excluding hydrogens is 656 g/mol. The van der Waals surface area contributed by atoms with E-state index in [1.165, 1.54) is 5.57 Å². The molecule has 0 amide bonds. The number of ether oxygens (including phenoxy) is 2. The summed E-state index contributed by atoms with van der Waals surface area (Å²) >= 11 is 0. The molecule has 0 radical (unpaired) electrons. The van der Waals surface area contributed by atoms with E-state index in [-0.39, 0.29) is 55.1 Å². The van der Waals surface area contributed by atoms with Crippen LogP contribution in [0.2, 0.25) is 0 Å². The molecule has 8 aliphatic rings. The quantitative estimate of drug-likeness (QED) is 0.175. The van der Waals surface area contributed by atoms with Crippen molar-refractivity contribution in [3.8, 4) is 0 Å². The van der Waals surface area contributed by atoms with E-state index in [0.717, 1.165) is 12.8 Å². The van der Waals surface area contributed by atoms with Crippen LogP contribution in [0, 0.1) is 64.1 Å². The van der Waals surface area contributed by atoms with Crippen LogP contribution in [0.5, 0.6) is 0 Å². The summed E-state index contributed by atoms with van der Waals surface area (Å²) < 4.78 is 12.9. The van der Waals surface area contributed by atoms with E-state index in [1.807, 2.05) is 38.2 Å². The normalized spacial score (nSPS) is 49.9. The summed E-state index contributed by atoms with van der Waals surface area (Å²) in [6.45, 7) is 11.1. The number of allylic oxidation sites excluding steroid dienone is 10. The molecule has 0 aromatic heterocycles. The summed E-state index contributed by atoms with van der Waals surface area (Å²) in [5.41, 5.74) is -3.55. The van der Waals surface area contributed by atoms with Crippen molar-refractivity contribution in [3.63, 3.8) is 0 Å². The molecule has 0 aromatic rings. The lowest BCUT2D eigenvalue weighted by atomic mass is 9.60. The Morgan fingerprint density at radius 3 is 2.60 bits per heavy atom. The number of aliphatic hydroxyl groups is 3. The average Bonchev–Trinajstić information content (AvgIpc) is 4.01. The number of Topliss-reactive ketones (excluding diaryl/α,β-unsaturated/α-hetero) is 1. The van der Waals surface area contributed by atoms with Crippen molar-refractivity contribution in [2.24, 2.45) is 64.1 Å². The van der Waals surface area contributed by atoms with Gasteiger partial charge in [-0.1, -0.05) is 112 Å². The Balaban J connectivity index is 1.15. The van der Waals surface area contributed by atoms with Crippen LogP contribution in [0.25, 0.3) is 0 Å². The number of rotatable bonds is 7. The van der Waals surface area contributed by atoms with Crippen molar-refractivity contribution in [2.45, 2.75) is 76.6 Å². The Kier molecular flexibility index (Phi) is 8.15. The number of fused-ring (bicyclic) bond motifs is 7. The molecule has 52 heavy (non-hydrogen) atoms. The van der Waals surface area contributed by atoms with Gasteiger partial charge in [-0.05, 0) is 60.5 Å². The first-order valence-corrected chi connectivity index (χ1v) is 19.2. The number of cyclic esters (lactones) is 1. The highest BCUT2D eigenvalue weighted by atomic mass is 16.6. The highest BCUT2D eigenvalue weighted by molar-refractivity contribution is 6.04. The van der Waals surface area contributed by atoms with Crippen LogP contribution >= 0.6 is 0 Å². The van der Waals surface area contributed by atoms with Gasteiger partial charge in [-0.3, -0.25) is 14.4 Å². The van der Waals surface area contributed by atoms with Gasteiger partial charge in [0.1, 0.15) is 17.8 Å². The minimum atomic E-state index is -1.89. The molecule has 0 bridgehead atoms. The SMILES string of the molecule is C=C/C=C\C1C2/C=C/CC(=O)OC34CC(C)C5(O)C(C=C(CO)CC6(O)C(=O)C(C)=CC65)C3C4(C)COC(=O)C2C23/C(=C/C=C/C=C/CCC)C2C13. The maximum atomic E-state index is 14.6. The fraction of sp³-hybridized carbons (Fsp3) is 0.568. The molecule has 5 fully saturated rings. The van der Waals surface area contributed by atoms with Crippen molar-refractivity contribution in [1.29, 1.82) is 0 Å². The van der Waals surface area contributed by atoms with E-state index in [4.69, 9.17) is 9.47 Å². The lowest BCUT2D eigenvalue weighted by Gasteiger charge is -2.50. The lowest BCUT2D eigenvalue weighted by Crippen LogP contribution is -2.61. The minimum Gasteiger partial charge on any atom is -0.465 e. The summed E-state index contributed by atoms with van der Waals surface area (Å²) in [6.07, 6.45) is 26.0. The number of hydrogen-bond donors (Lipinski definition) is 3. The second-order valence-corrected chi connectivity index (χ2v) is 17.2. The molecule has 14 atom stereocenters. The van der Waals surface area contributed by atoms with Gasteiger partial charge >= 0.3 is 11.9 Å². The number of hydrogen-bond acceptors (Lipinski definition) is 8. The predicted molar refractivity (Wildman–Crippen MR) is 195 cm³/mol. The molecule has 5 saturated carbocycles. The Morgan fingerprint density at radius 1 is 1.08 bits per heavy atom. The maximum absolute atomic E-state index is 14.6. The summed E-state index contributed by atoms with van der Waals surface area (Å²) in [4.78, 5) is 41.7. The number of carbonyl (C=O) groups excluding carboxylic acids is 3. The predicted octanol–water partition coefficient (Wildman–Crippen LogP) is 5.68. The maximum Gasteiger partial charge on any atom is 0.310 e. The molecule has 8 heteroatoms. The molecule has 14 unspecified atom stereocenters. The lowest BCUT2D eigenvalue weighted by molar-refractivity contribution is -0.187. The van der Waals surface area contributed by atoms with E-state index < -0.39 is 64.2 Å². The van der Waals surface area contributed by atoms with Crippen LogP contribution in [0.1, 0.15) is 59.8 Å². The Hall–Kier alpha value is -3.59. The van der Waals surface area contributed by atoms with Gasteiger partial charge in [0.15, 0.2) is 5.78 Å². The zero-order chi connectivity index (χ0) is 37.0. The first kappa shape index (κ1) is 35.4. The Labute approximate surface area is 306 Å². The summed E-state index contributed by atoms with van der Waals surface area (Å²) in [5, 5.41) is 35.2. The Bertz CT molecular complexity index is 1830. The smallest absolute Gasteiger partial charge is 0.310 e. The first-order chi connectivity index (χ1) is 24.8. The van der Waals surface area contributed by atoms with Gasteiger partial charge in [-0.25, -0.2) is 0 Å². The van der Waals surface area contributed by atoms with Crippen molar-refractivity contribution in [3.05, 3.63) is 96.2 Å². The zero-order valence-electron chi connectivity index (χ0n) is 30.7. The monoisotopic (exact) mass is 708 g/mol. The molecule has 0 aromatic carbocycles. The van der Waals surface area contributed by atoms with Gasteiger partial charge in [0.05, 0.1) is 24.5 Å². The van der Waals surface area contributed by atoms with Gasteiger partial charge in [0.25, 0.3) is 0 Å². The van der Waals surface area contributed by atoms with Gasteiger partial charge in [0, 0.05) is 35.0 Å². The van der Waals surface area contributed by atoms with E-state index in [1.54, 1.807) is 25.2 Å². The van der Waals surface area contributed by atoms with Gasteiger partial charge in [-0.2, -0.15) is 0 Å². The van der Waals surface area contributed by atoms with Crippen LogP contribution in [0.15, 0.2) is 96.2 Å². The third kappa shape index (κ3) is 4.46. The van der Waals surface area contributed by atoms with Crippen LogP contribution in [-0.4, -0.2) is 63.1 Å². The van der Waals surface area contributed by atoms with Gasteiger partial charge < -0.3 is 24.8 Å². The molecular formula is C44H52O8. The summed E-state index contributed by atoms with van der Waals surface area (Å²) in [5.74, 6) is -3.56. The van der Waals surface area contributed by atoms with Crippen molar-refractivity contribution in [2.75, 3.05) is 13.2 Å². The molecule has 276 valence electrons. The van der Waals surface area contributed by atoms with E-state index in [0.29, 0.717) is 23.0 Å².